The van der Waals surface area contributed by atoms with Gasteiger partial charge in [0, 0.05) is 51.3 Å². The van der Waals surface area contributed by atoms with Crippen molar-refractivity contribution in [1.82, 2.24) is 4.40 Å². The van der Waals surface area contributed by atoms with Gasteiger partial charge in [-0.25, -0.2) is 0 Å². The Bertz CT molecular complexity index is 1890. The van der Waals surface area contributed by atoms with E-state index in [1.165, 1.54) is 65.9 Å². The number of aryl methyl sites for hydroxylation is 2. The number of aliphatic imine (C=N–C) groups is 1. The summed E-state index contributed by atoms with van der Waals surface area (Å²) in [4.78, 5) is 4.51. The SMILES string of the molecule is C=C/C(=N/C)C1=Cc2c(n3c4cc5oc6ccccc6c5cc4c4c(C)cc(C)c2c43)CC1C. The van der Waals surface area contributed by atoms with Crippen LogP contribution in [-0.4, -0.2) is 17.2 Å². The Balaban J connectivity index is 1.69. The molecule has 3 heterocycles. The van der Waals surface area contributed by atoms with Gasteiger partial charge in [0.2, 0.25) is 0 Å². The number of furan rings is 1. The van der Waals surface area contributed by atoms with Gasteiger partial charge in [0.1, 0.15) is 11.2 Å². The number of allylic oxidation sites excluding steroid dienone is 2. The Morgan fingerprint density at radius 3 is 2.62 bits per heavy atom. The number of benzene rings is 3. The van der Waals surface area contributed by atoms with Gasteiger partial charge in [-0.05, 0) is 67.2 Å². The van der Waals surface area contributed by atoms with Crippen LogP contribution in [0.2, 0.25) is 0 Å². The summed E-state index contributed by atoms with van der Waals surface area (Å²) >= 11 is 0. The number of nitrogens with zero attached hydrogens (tertiary/aromatic N) is 2. The highest BCUT2D eigenvalue weighted by molar-refractivity contribution is 6.23. The van der Waals surface area contributed by atoms with E-state index in [0.717, 1.165) is 23.3 Å². The van der Waals surface area contributed by atoms with Crippen molar-refractivity contribution in [2.75, 3.05) is 7.05 Å². The maximum absolute atomic E-state index is 6.29. The Hall–Kier alpha value is -3.85. The summed E-state index contributed by atoms with van der Waals surface area (Å²) in [5.74, 6) is 0.369. The first-order valence-corrected chi connectivity index (χ1v) is 12.0. The fourth-order valence-corrected chi connectivity index (χ4v) is 6.40. The minimum Gasteiger partial charge on any atom is -0.456 e. The lowest BCUT2D eigenvalue weighted by Crippen LogP contribution is -2.16. The second-order valence-corrected chi connectivity index (χ2v) is 9.79. The van der Waals surface area contributed by atoms with E-state index in [2.05, 4.69) is 79.2 Å². The zero-order chi connectivity index (χ0) is 23.3. The summed E-state index contributed by atoms with van der Waals surface area (Å²) in [7, 11) is 1.86. The molecule has 166 valence electrons. The second-order valence-electron chi connectivity index (χ2n) is 9.79. The average Bonchev–Trinajstić information content (AvgIpc) is 3.45. The molecule has 34 heavy (non-hydrogen) atoms. The molecule has 0 N–H and O–H groups in total. The minimum atomic E-state index is 0.369. The lowest BCUT2D eigenvalue weighted by molar-refractivity contribution is 0.669. The second kappa shape index (κ2) is 6.60. The van der Waals surface area contributed by atoms with Crippen LogP contribution in [-0.2, 0) is 6.42 Å². The van der Waals surface area contributed by atoms with E-state index in [1.807, 2.05) is 19.2 Å². The normalized spacial score (nSPS) is 16.9. The topological polar surface area (TPSA) is 29.9 Å². The molecule has 1 unspecified atom stereocenters. The molecule has 3 aromatic carbocycles. The first-order chi connectivity index (χ1) is 16.5. The van der Waals surface area contributed by atoms with Gasteiger partial charge in [0.05, 0.1) is 16.7 Å². The van der Waals surface area contributed by atoms with Gasteiger partial charge in [-0.1, -0.05) is 37.8 Å². The molecule has 3 aromatic heterocycles. The number of fused-ring (bicyclic) bond motifs is 9. The number of hydrogen-bond acceptors (Lipinski definition) is 2. The zero-order valence-corrected chi connectivity index (χ0v) is 20.0. The molecular weight excluding hydrogens is 416 g/mol. The van der Waals surface area contributed by atoms with Crippen LogP contribution < -0.4 is 0 Å². The van der Waals surface area contributed by atoms with Crippen LogP contribution in [0.25, 0.3) is 55.2 Å². The highest BCUT2D eigenvalue weighted by atomic mass is 16.3. The van der Waals surface area contributed by atoms with Gasteiger partial charge in [-0.3, -0.25) is 4.99 Å². The van der Waals surface area contributed by atoms with Crippen LogP contribution in [0, 0.1) is 19.8 Å². The molecule has 0 radical (unpaired) electrons. The molecule has 0 saturated carbocycles. The summed E-state index contributed by atoms with van der Waals surface area (Å²) in [6.45, 7) is 10.8. The largest absolute Gasteiger partial charge is 0.456 e. The maximum atomic E-state index is 6.29. The summed E-state index contributed by atoms with van der Waals surface area (Å²) in [5, 5.41) is 6.39. The van der Waals surface area contributed by atoms with E-state index >= 15 is 0 Å². The Kier molecular flexibility index (Phi) is 3.81. The Morgan fingerprint density at radius 2 is 1.82 bits per heavy atom. The summed E-state index contributed by atoms with van der Waals surface area (Å²) in [5.41, 5.74) is 12.1. The smallest absolute Gasteiger partial charge is 0.137 e. The van der Waals surface area contributed by atoms with Crippen LogP contribution in [0.1, 0.15) is 29.3 Å². The highest BCUT2D eigenvalue weighted by Gasteiger charge is 2.29. The fraction of sp³-hybridized carbons (Fsp3) is 0.194. The van der Waals surface area contributed by atoms with E-state index < -0.39 is 0 Å². The molecule has 0 amide bonds. The molecule has 6 aromatic rings. The van der Waals surface area contributed by atoms with Gasteiger partial charge >= 0.3 is 0 Å². The lowest BCUT2D eigenvalue weighted by atomic mass is 9.84. The fourth-order valence-electron chi connectivity index (χ4n) is 6.40. The molecule has 7 rings (SSSR count). The molecule has 3 nitrogen and oxygen atoms in total. The molecule has 0 saturated heterocycles. The summed E-state index contributed by atoms with van der Waals surface area (Å²) < 4.78 is 8.81. The van der Waals surface area contributed by atoms with Crippen molar-refractivity contribution in [1.29, 1.82) is 0 Å². The van der Waals surface area contributed by atoms with E-state index in [9.17, 15) is 0 Å². The molecule has 0 fully saturated rings. The summed E-state index contributed by atoms with van der Waals surface area (Å²) in [6.07, 6.45) is 5.22. The van der Waals surface area contributed by atoms with E-state index in [4.69, 9.17) is 4.42 Å². The van der Waals surface area contributed by atoms with Crippen molar-refractivity contribution in [2.24, 2.45) is 10.9 Å². The molecule has 1 aliphatic rings. The maximum Gasteiger partial charge on any atom is 0.137 e. The van der Waals surface area contributed by atoms with E-state index in [-0.39, 0.29) is 0 Å². The molecule has 0 spiro atoms. The van der Waals surface area contributed by atoms with Gasteiger partial charge < -0.3 is 8.82 Å². The molecule has 0 aliphatic heterocycles. The summed E-state index contributed by atoms with van der Waals surface area (Å²) in [6, 6.07) is 15.3. The third-order valence-electron chi connectivity index (χ3n) is 7.83. The van der Waals surface area contributed by atoms with Crippen LogP contribution in [0.3, 0.4) is 0 Å². The van der Waals surface area contributed by atoms with Crippen LogP contribution >= 0.6 is 0 Å². The zero-order valence-electron chi connectivity index (χ0n) is 20.0. The van der Waals surface area contributed by atoms with E-state index in [1.54, 1.807) is 0 Å². The number of aromatic nitrogens is 1. The van der Waals surface area contributed by atoms with Crippen molar-refractivity contribution in [3.8, 4) is 0 Å². The first-order valence-electron chi connectivity index (χ1n) is 12.0. The van der Waals surface area contributed by atoms with Gasteiger partial charge in [0.25, 0.3) is 0 Å². The average molecular weight is 443 g/mol. The molecule has 3 heteroatoms. The predicted octanol–water partition coefficient (Wildman–Crippen LogP) is 8.03. The number of hydrogen-bond donors (Lipinski definition) is 0. The quantitative estimate of drug-likeness (QED) is 0.250. The van der Waals surface area contributed by atoms with Crippen molar-refractivity contribution >= 4 is 60.9 Å². The molecule has 0 bridgehead atoms. The Morgan fingerprint density at radius 1 is 1.03 bits per heavy atom. The van der Waals surface area contributed by atoms with Gasteiger partial charge in [-0.15, -0.1) is 0 Å². The first kappa shape index (κ1) is 19.6. The van der Waals surface area contributed by atoms with Crippen molar-refractivity contribution < 1.29 is 4.42 Å². The van der Waals surface area contributed by atoms with Gasteiger partial charge in [0.15, 0.2) is 0 Å². The monoisotopic (exact) mass is 442 g/mol. The number of rotatable bonds is 2. The van der Waals surface area contributed by atoms with Crippen molar-refractivity contribution in [3.63, 3.8) is 0 Å². The van der Waals surface area contributed by atoms with Gasteiger partial charge in [-0.2, -0.15) is 0 Å². The number of para-hydroxylation sites is 1. The highest BCUT2D eigenvalue weighted by Crippen LogP contribution is 2.46. The third-order valence-corrected chi connectivity index (χ3v) is 7.83. The lowest BCUT2D eigenvalue weighted by Gasteiger charge is -2.22. The van der Waals surface area contributed by atoms with Crippen LogP contribution in [0.4, 0.5) is 0 Å². The van der Waals surface area contributed by atoms with Crippen LogP contribution in [0.15, 0.2) is 70.1 Å². The Labute approximate surface area is 198 Å². The molecule has 1 aliphatic carbocycles. The minimum absolute atomic E-state index is 0.369. The van der Waals surface area contributed by atoms with Crippen molar-refractivity contribution in [2.45, 2.75) is 27.2 Å². The predicted molar refractivity (Wildman–Crippen MR) is 145 cm³/mol. The molecular formula is C31H26N2O. The van der Waals surface area contributed by atoms with E-state index in [0.29, 0.717) is 5.92 Å². The molecule has 1 atom stereocenters. The van der Waals surface area contributed by atoms with Crippen LogP contribution in [0.5, 0.6) is 0 Å². The third kappa shape index (κ3) is 2.29. The van der Waals surface area contributed by atoms with Crippen molar-refractivity contribution in [3.05, 3.63) is 83.1 Å². The standard InChI is InChI=1S/C31H26N2O/c1-6-24(32-5)20-13-22-25(12-16(20)2)33-26-15-28-21(19-9-7-8-10-27(19)34-28)14-23(26)30-18(4)11-17(3)29(22)31(30)33/h6-11,13-16H,1,12H2,2-5H3/b32-24-.